The van der Waals surface area contributed by atoms with Gasteiger partial charge in [0.05, 0.1) is 13.7 Å². The van der Waals surface area contributed by atoms with Gasteiger partial charge in [-0.05, 0) is 38.5 Å². The molecule has 0 radical (unpaired) electrons. The topological polar surface area (TPSA) is 47.6 Å². The molecule has 0 aliphatic rings. The van der Waals surface area contributed by atoms with Crippen LogP contribution in [0.5, 0.6) is 5.75 Å². The Bertz CT molecular complexity index is 416. The molecule has 0 heterocycles. The van der Waals surface area contributed by atoms with Crippen molar-refractivity contribution in [3.8, 4) is 5.75 Å². The molecule has 1 aromatic carbocycles. The molecule has 1 amide bonds. The van der Waals surface area contributed by atoms with E-state index in [1.54, 1.807) is 19.2 Å². The quantitative estimate of drug-likeness (QED) is 0.771. The number of hydrogen-bond acceptors (Lipinski definition) is 3. The number of amides is 1. The molecule has 1 rings (SSSR count). The fourth-order valence-corrected chi connectivity index (χ4v) is 1.70. The number of rotatable bonds is 7. The third-order valence-corrected chi connectivity index (χ3v) is 2.57. The molecule has 0 atom stereocenters. The number of hydrogen-bond donors (Lipinski definition) is 1. The molecule has 0 saturated carbocycles. The van der Waals surface area contributed by atoms with Gasteiger partial charge in [0.1, 0.15) is 5.75 Å². The second kappa shape index (κ2) is 7.79. The lowest BCUT2D eigenvalue weighted by Crippen LogP contribution is -2.30. The third-order valence-electron chi connectivity index (χ3n) is 2.57. The van der Waals surface area contributed by atoms with Crippen LogP contribution in [0.3, 0.4) is 0 Å². The van der Waals surface area contributed by atoms with E-state index in [1.165, 1.54) is 0 Å². The Labute approximate surface area is 115 Å². The van der Waals surface area contributed by atoms with Crippen LogP contribution >= 0.6 is 0 Å². The monoisotopic (exact) mass is 265 g/mol. The van der Waals surface area contributed by atoms with Crippen molar-refractivity contribution < 1.29 is 14.3 Å². The summed E-state index contributed by atoms with van der Waals surface area (Å²) in [5, 5.41) is 2.87. The van der Waals surface area contributed by atoms with Crippen LogP contribution in [0.15, 0.2) is 18.2 Å². The smallest absolute Gasteiger partial charge is 0.251 e. The van der Waals surface area contributed by atoms with Crippen LogP contribution in [0, 0.1) is 0 Å². The van der Waals surface area contributed by atoms with Gasteiger partial charge < -0.3 is 14.8 Å². The van der Waals surface area contributed by atoms with E-state index in [-0.39, 0.29) is 11.9 Å². The molecule has 0 unspecified atom stereocenters. The molecule has 4 heteroatoms. The average molecular weight is 265 g/mol. The Kier molecular flexibility index (Phi) is 6.36. The second-order valence-corrected chi connectivity index (χ2v) is 4.71. The highest BCUT2D eigenvalue weighted by atomic mass is 16.5. The van der Waals surface area contributed by atoms with Crippen LogP contribution in [0.1, 0.15) is 43.1 Å². The minimum atomic E-state index is -0.0746. The SMILES string of the molecule is CCCOCc1cc(C(=O)NC(C)C)ccc1OC. The number of benzene rings is 1. The first-order chi connectivity index (χ1) is 9.08. The van der Waals surface area contributed by atoms with Crippen LogP contribution in [0.2, 0.25) is 0 Å². The van der Waals surface area contributed by atoms with E-state index in [2.05, 4.69) is 12.2 Å². The lowest BCUT2D eigenvalue weighted by atomic mass is 10.1. The van der Waals surface area contributed by atoms with Gasteiger partial charge in [-0.15, -0.1) is 0 Å². The molecule has 0 spiro atoms. The molecule has 0 bridgehead atoms. The van der Waals surface area contributed by atoms with Crippen molar-refractivity contribution in [3.63, 3.8) is 0 Å². The molecule has 19 heavy (non-hydrogen) atoms. The van der Waals surface area contributed by atoms with E-state index < -0.39 is 0 Å². The zero-order valence-corrected chi connectivity index (χ0v) is 12.2. The predicted octanol–water partition coefficient (Wildman–Crippen LogP) is 2.76. The van der Waals surface area contributed by atoms with Crippen molar-refractivity contribution in [2.24, 2.45) is 0 Å². The van der Waals surface area contributed by atoms with Crippen LogP contribution in [0.4, 0.5) is 0 Å². The largest absolute Gasteiger partial charge is 0.496 e. The van der Waals surface area contributed by atoms with Crippen molar-refractivity contribution in [3.05, 3.63) is 29.3 Å². The van der Waals surface area contributed by atoms with Crippen molar-refractivity contribution >= 4 is 5.91 Å². The van der Waals surface area contributed by atoms with Gasteiger partial charge in [0.25, 0.3) is 5.91 Å². The number of ether oxygens (including phenoxy) is 2. The second-order valence-electron chi connectivity index (χ2n) is 4.71. The van der Waals surface area contributed by atoms with Crippen molar-refractivity contribution in [2.75, 3.05) is 13.7 Å². The summed E-state index contributed by atoms with van der Waals surface area (Å²) >= 11 is 0. The van der Waals surface area contributed by atoms with E-state index >= 15 is 0 Å². The van der Waals surface area contributed by atoms with Gasteiger partial charge in [-0.3, -0.25) is 4.79 Å². The van der Waals surface area contributed by atoms with Crippen LogP contribution in [-0.2, 0) is 11.3 Å². The number of nitrogens with one attached hydrogen (secondary N) is 1. The zero-order chi connectivity index (χ0) is 14.3. The summed E-state index contributed by atoms with van der Waals surface area (Å²) in [7, 11) is 1.62. The molecule has 1 N–H and O–H groups in total. The first kappa shape index (κ1) is 15.5. The maximum Gasteiger partial charge on any atom is 0.251 e. The lowest BCUT2D eigenvalue weighted by Gasteiger charge is -2.12. The average Bonchev–Trinajstić information content (AvgIpc) is 2.38. The summed E-state index contributed by atoms with van der Waals surface area (Å²) < 4.78 is 10.8. The van der Waals surface area contributed by atoms with Crippen molar-refractivity contribution in [1.82, 2.24) is 5.32 Å². The maximum atomic E-state index is 11.9. The first-order valence-electron chi connectivity index (χ1n) is 6.64. The maximum absolute atomic E-state index is 11.9. The number of carbonyl (C=O) groups excluding carboxylic acids is 1. The fourth-order valence-electron chi connectivity index (χ4n) is 1.70. The molecule has 0 saturated heterocycles. The van der Waals surface area contributed by atoms with Crippen molar-refractivity contribution in [2.45, 2.75) is 39.8 Å². The van der Waals surface area contributed by atoms with Gasteiger partial charge in [0.15, 0.2) is 0 Å². The molecule has 4 nitrogen and oxygen atoms in total. The normalized spacial score (nSPS) is 10.6. The summed E-state index contributed by atoms with van der Waals surface area (Å²) in [6.45, 7) is 7.09. The molecule has 0 aromatic heterocycles. The summed E-state index contributed by atoms with van der Waals surface area (Å²) in [6.07, 6.45) is 0.968. The minimum absolute atomic E-state index is 0.0746. The van der Waals surface area contributed by atoms with Crippen LogP contribution in [0.25, 0.3) is 0 Å². The highest BCUT2D eigenvalue weighted by Crippen LogP contribution is 2.21. The summed E-state index contributed by atoms with van der Waals surface area (Å²) in [4.78, 5) is 11.9. The van der Waals surface area contributed by atoms with Crippen LogP contribution < -0.4 is 10.1 Å². The standard InChI is InChI=1S/C15H23NO3/c1-5-8-19-10-13-9-12(6-7-14(13)18-4)15(17)16-11(2)3/h6-7,9,11H,5,8,10H2,1-4H3,(H,16,17). The Hall–Kier alpha value is -1.55. The van der Waals surface area contributed by atoms with Gasteiger partial charge in [-0.25, -0.2) is 0 Å². The number of carbonyl (C=O) groups is 1. The minimum Gasteiger partial charge on any atom is -0.496 e. The van der Waals surface area contributed by atoms with E-state index in [4.69, 9.17) is 9.47 Å². The van der Waals surface area contributed by atoms with Crippen molar-refractivity contribution in [1.29, 1.82) is 0 Å². The van der Waals surface area contributed by atoms with E-state index in [0.717, 1.165) is 17.7 Å². The molecule has 0 fully saturated rings. The summed E-state index contributed by atoms with van der Waals surface area (Å²) in [5.74, 6) is 0.673. The predicted molar refractivity (Wildman–Crippen MR) is 75.5 cm³/mol. The van der Waals surface area contributed by atoms with Gasteiger partial charge in [-0.2, -0.15) is 0 Å². The zero-order valence-electron chi connectivity index (χ0n) is 12.2. The highest BCUT2D eigenvalue weighted by Gasteiger charge is 2.11. The Morgan fingerprint density at radius 1 is 1.37 bits per heavy atom. The Morgan fingerprint density at radius 3 is 2.68 bits per heavy atom. The van der Waals surface area contributed by atoms with Gasteiger partial charge in [0.2, 0.25) is 0 Å². The van der Waals surface area contributed by atoms with E-state index in [9.17, 15) is 4.79 Å². The summed E-state index contributed by atoms with van der Waals surface area (Å²) in [5.41, 5.74) is 1.52. The molecule has 106 valence electrons. The Morgan fingerprint density at radius 2 is 2.11 bits per heavy atom. The first-order valence-corrected chi connectivity index (χ1v) is 6.64. The molecular weight excluding hydrogens is 242 g/mol. The fraction of sp³-hybridized carbons (Fsp3) is 0.533. The number of methoxy groups -OCH3 is 1. The van der Waals surface area contributed by atoms with E-state index in [0.29, 0.717) is 18.8 Å². The Balaban J connectivity index is 2.84. The van der Waals surface area contributed by atoms with E-state index in [1.807, 2.05) is 19.9 Å². The van der Waals surface area contributed by atoms with Crippen LogP contribution in [-0.4, -0.2) is 25.7 Å². The molecular formula is C15H23NO3. The highest BCUT2D eigenvalue weighted by molar-refractivity contribution is 5.94. The van der Waals surface area contributed by atoms with Gasteiger partial charge in [-0.1, -0.05) is 6.92 Å². The molecule has 0 aliphatic carbocycles. The van der Waals surface area contributed by atoms with Gasteiger partial charge in [0, 0.05) is 23.8 Å². The molecule has 0 aliphatic heterocycles. The summed E-state index contributed by atoms with van der Waals surface area (Å²) in [6, 6.07) is 5.51. The van der Waals surface area contributed by atoms with Gasteiger partial charge >= 0.3 is 0 Å². The third kappa shape index (κ3) is 4.91. The molecule has 1 aromatic rings. The lowest BCUT2D eigenvalue weighted by molar-refractivity contribution is 0.0942.